The van der Waals surface area contributed by atoms with Gasteiger partial charge in [0, 0.05) is 34.4 Å². The molecule has 2 atom stereocenters. The van der Waals surface area contributed by atoms with E-state index in [0.29, 0.717) is 12.0 Å². The van der Waals surface area contributed by atoms with Gasteiger partial charge in [0.2, 0.25) is 0 Å². The molecule has 2 heteroatoms. The minimum Gasteiger partial charge on any atom is -0.334 e. The maximum Gasteiger partial charge on any atom is 0.0726 e. The SMILES string of the molecule is C1=CC2C(CC1)c1cc(-c3ccc(N(c4ccc(-c5ccccc5)cc4)c4ccc5c(c4)C4(c6ccccc6-c6ccccc64)c4ccccc4-5)cc3)ccc1N2c1ccccc1. The summed E-state index contributed by atoms with van der Waals surface area (Å²) in [5.74, 6) is 0.479. The molecule has 1 spiro atoms. The van der Waals surface area contributed by atoms with Gasteiger partial charge in [-0.25, -0.2) is 0 Å². The molecule has 9 aromatic rings. The van der Waals surface area contributed by atoms with Crippen molar-refractivity contribution < 1.29 is 0 Å². The van der Waals surface area contributed by atoms with Crippen molar-refractivity contribution in [1.82, 2.24) is 0 Å². The molecule has 0 saturated heterocycles. The first-order valence-electron chi connectivity index (χ1n) is 22.4. The van der Waals surface area contributed by atoms with Crippen LogP contribution in [0.25, 0.3) is 44.5 Å². The van der Waals surface area contributed by atoms with Crippen molar-refractivity contribution in [2.75, 3.05) is 9.80 Å². The molecule has 0 aromatic heterocycles. The van der Waals surface area contributed by atoms with E-state index >= 15 is 0 Å². The number of fused-ring (bicyclic) bond motifs is 13. The van der Waals surface area contributed by atoms with Gasteiger partial charge in [-0.3, -0.25) is 0 Å². The Balaban J connectivity index is 0.945. The van der Waals surface area contributed by atoms with Gasteiger partial charge in [0.25, 0.3) is 0 Å². The van der Waals surface area contributed by atoms with Crippen LogP contribution in [0.15, 0.2) is 231 Å². The maximum atomic E-state index is 2.55. The topological polar surface area (TPSA) is 6.48 Å². The number of hydrogen-bond acceptors (Lipinski definition) is 2. The molecular weight excluding hydrogens is 761 g/mol. The molecule has 9 aromatic carbocycles. The minimum absolute atomic E-state index is 0.348. The molecule has 0 fully saturated rings. The lowest BCUT2D eigenvalue weighted by Gasteiger charge is -2.32. The molecule has 63 heavy (non-hydrogen) atoms. The molecule has 0 N–H and O–H groups in total. The van der Waals surface area contributed by atoms with Gasteiger partial charge >= 0.3 is 0 Å². The zero-order valence-electron chi connectivity index (χ0n) is 34.9. The monoisotopic (exact) mass is 804 g/mol. The molecule has 0 amide bonds. The van der Waals surface area contributed by atoms with Crippen LogP contribution >= 0.6 is 0 Å². The highest BCUT2D eigenvalue weighted by atomic mass is 15.2. The van der Waals surface area contributed by atoms with Gasteiger partial charge in [0.05, 0.1) is 11.5 Å². The van der Waals surface area contributed by atoms with Crippen molar-refractivity contribution in [3.8, 4) is 44.5 Å². The van der Waals surface area contributed by atoms with E-state index in [1.165, 1.54) is 90.1 Å². The molecule has 298 valence electrons. The lowest BCUT2D eigenvalue weighted by molar-refractivity contribution is 0.573. The van der Waals surface area contributed by atoms with E-state index in [0.717, 1.165) is 23.5 Å². The summed E-state index contributed by atoms with van der Waals surface area (Å²) in [6, 6.07) is 81.8. The van der Waals surface area contributed by atoms with Crippen molar-refractivity contribution in [3.05, 3.63) is 258 Å². The van der Waals surface area contributed by atoms with E-state index < -0.39 is 5.41 Å². The van der Waals surface area contributed by atoms with E-state index in [4.69, 9.17) is 0 Å². The molecule has 2 nitrogen and oxygen atoms in total. The number of benzene rings is 9. The second-order valence-electron chi connectivity index (χ2n) is 17.5. The normalized spacial score (nSPS) is 16.8. The number of allylic oxidation sites excluding steroid dienone is 1. The Labute approximate surface area is 369 Å². The first-order chi connectivity index (χ1) is 31.3. The smallest absolute Gasteiger partial charge is 0.0726 e. The third-order valence-electron chi connectivity index (χ3n) is 14.3. The second kappa shape index (κ2) is 14.2. The highest BCUT2D eigenvalue weighted by molar-refractivity contribution is 5.96. The molecule has 0 radical (unpaired) electrons. The maximum absolute atomic E-state index is 2.55. The third-order valence-corrected chi connectivity index (χ3v) is 14.3. The van der Waals surface area contributed by atoms with Crippen LogP contribution in [-0.4, -0.2) is 6.04 Å². The summed E-state index contributed by atoms with van der Waals surface area (Å²) in [6.45, 7) is 0. The van der Waals surface area contributed by atoms with Crippen molar-refractivity contribution in [3.63, 3.8) is 0 Å². The van der Waals surface area contributed by atoms with Crippen LogP contribution < -0.4 is 9.80 Å². The van der Waals surface area contributed by atoms with Crippen LogP contribution in [0.5, 0.6) is 0 Å². The van der Waals surface area contributed by atoms with Gasteiger partial charge in [-0.2, -0.15) is 0 Å². The summed E-state index contributed by atoms with van der Waals surface area (Å²) in [5.41, 5.74) is 22.6. The van der Waals surface area contributed by atoms with Gasteiger partial charge < -0.3 is 9.80 Å². The summed E-state index contributed by atoms with van der Waals surface area (Å²) in [5, 5.41) is 0. The highest BCUT2D eigenvalue weighted by Crippen LogP contribution is 2.63. The largest absolute Gasteiger partial charge is 0.334 e. The first kappa shape index (κ1) is 36.0. The Bertz CT molecular complexity index is 3170. The van der Waals surface area contributed by atoms with E-state index in [1.54, 1.807) is 0 Å². The second-order valence-corrected chi connectivity index (χ2v) is 17.5. The first-order valence-corrected chi connectivity index (χ1v) is 22.4. The molecular formula is C61H44N2. The number of rotatable bonds is 6. The van der Waals surface area contributed by atoms with Crippen LogP contribution in [0.3, 0.4) is 0 Å². The fraction of sp³-hybridized carbons (Fsp3) is 0.0820. The molecule has 3 aliphatic carbocycles. The fourth-order valence-corrected chi connectivity index (χ4v) is 11.6. The number of para-hydroxylation sites is 1. The molecule has 4 aliphatic rings. The van der Waals surface area contributed by atoms with Crippen LogP contribution in [0.1, 0.15) is 46.6 Å². The lowest BCUT2D eigenvalue weighted by atomic mass is 9.70. The molecule has 2 unspecified atom stereocenters. The summed E-state index contributed by atoms with van der Waals surface area (Å²) in [6.07, 6.45) is 7.09. The Morgan fingerprint density at radius 3 is 1.52 bits per heavy atom. The number of nitrogens with zero attached hydrogens (tertiary/aromatic N) is 2. The molecule has 13 rings (SSSR count). The average molecular weight is 805 g/mol. The van der Waals surface area contributed by atoms with Crippen molar-refractivity contribution >= 4 is 28.4 Å². The van der Waals surface area contributed by atoms with Gasteiger partial charge in [-0.15, -0.1) is 0 Å². The Morgan fingerprint density at radius 2 is 0.905 bits per heavy atom. The Hall–Kier alpha value is -7.68. The average Bonchev–Trinajstić information content (AvgIpc) is 3.96. The molecule has 1 heterocycles. The summed E-state index contributed by atoms with van der Waals surface area (Å²) >= 11 is 0. The predicted molar refractivity (Wildman–Crippen MR) is 262 cm³/mol. The van der Waals surface area contributed by atoms with E-state index in [2.05, 4.69) is 240 Å². The van der Waals surface area contributed by atoms with Gasteiger partial charge in [0.15, 0.2) is 0 Å². The highest BCUT2D eigenvalue weighted by Gasteiger charge is 2.51. The van der Waals surface area contributed by atoms with Crippen molar-refractivity contribution in [2.24, 2.45) is 0 Å². The van der Waals surface area contributed by atoms with Crippen molar-refractivity contribution in [2.45, 2.75) is 30.2 Å². The Morgan fingerprint density at radius 1 is 0.413 bits per heavy atom. The molecule has 0 saturated carbocycles. The third kappa shape index (κ3) is 5.38. The fourth-order valence-electron chi connectivity index (χ4n) is 11.6. The van der Waals surface area contributed by atoms with Gasteiger partial charge in [-0.05, 0) is 146 Å². The predicted octanol–water partition coefficient (Wildman–Crippen LogP) is 15.8. The summed E-state index contributed by atoms with van der Waals surface area (Å²) in [7, 11) is 0. The van der Waals surface area contributed by atoms with Gasteiger partial charge in [0.1, 0.15) is 0 Å². The summed E-state index contributed by atoms with van der Waals surface area (Å²) < 4.78 is 0. The van der Waals surface area contributed by atoms with Crippen LogP contribution in [0, 0.1) is 0 Å². The van der Waals surface area contributed by atoms with Gasteiger partial charge in [-0.1, -0.05) is 170 Å². The van der Waals surface area contributed by atoms with Crippen LogP contribution in [0.2, 0.25) is 0 Å². The van der Waals surface area contributed by atoms with Crippen LogP contribution in [-0.2, 0) is 5.41 Å². The van der Waals surface area contributed by atoms with Crippen LogP contribution in [0.4, 0.5) is 28.4 Å². The summed E-state index contributed by atoms with van der Waals surface area (Å²) in [4.78, 5) is 4.99. The van der Waals surface area contributed by atoms with E-state index in [1.807, 2.05) is 0 Å². The Kier molecular flexibility index (Phi) is 8.11. The zero-order valence-corrected chi connectivity index (χ0v) is 34.9. The van der Waals surface area contributed by atoms with E-state index in [-0.39, 0.29) is 0 Å². The quantitative estimate of drug-likeness (QED) is 0.155. The zero-order chi connectivity index (χ0) is 41.5. The van der Waals surface area contributed by atoms with E-state index in [9.17, 15) is 0 Å². The molecule has 1 aliphatic heterocycles. The molecule has 0 bridgehead atoms. The standard InChI is InChI=1S/C61H44N2/c1-3-15-41(16-4-1)42-27-32-46(33-28-42)62(47-34-29-43(30-35-47)44-31-38-60-54(39-44)53-22-10-14-26-59(53)63(60)45-17-5-2-6-18-45)48-36-37-52-51-21-9-13-25-57(51)61(58(52)40-48)55-23-11-7-19-49(55)50-20-8-12-24-56(50)61/h1-9,11-21,23-40,53,59H,10,22H2. The number of hydrogen-bond donors (Lipinski definition) is 0. The lowest BCUT2D eigenvalue weighted by Crippen LogP contribution is -2.29. The van der Waals surface area contributed by atoms with Crippen molar-refractivity contribution in [1.29, 1.82) is 0 Å². The minimum atomic E-state index is -0.418. The number of anilines is 5.